The van der Waals surface area contributed by atoms with Gasteiger partial charge >= 0.3 is 0 Å². The third-order valence-electron chi connectivity index (χ3n) is 7.00. The number of halogens is 1. The van der Waals surface area contributed by atoms with Crippen LogP contribution in [0.5, 0.6) is 5.75 Å². The summed E-state index contributed by atoms with van der Waals surface area (Å²) in [6, 6.07) is 8.82. The minimum atomic E-state index is -0.328. The molecule has 37 heavy (non-hydrogen) atoms. The molecular formula is C29H39FN4O3. The van der Waals surface area contributed by atoms with Crippen LogP contribution in [0.25, 0.3) is 10.9 Å². The van der Waals surface area contributed by atoms with Gasteiger partial charge in [-0.05, 0) is 70.3 Å². The molecule has 0 aliphatic carbocycles. The molecule has 1 atom stereocenters. The Bertz CT molecular complexity index is 1160. The van der Waals surface area contributed by atoms with Crippen molar-refractivity contribution in [2.24, 2.45) is 0 Å². The predicted octanol–water partition coefficient (Wildman–Crippen LogP) is 4.71. The molecule has 1 aliphatic rings. The van der Waals surface area contributed by atoms with E-state index in [1.165, 1.54) is 12.1 Å². The van der Waals surface area contributed by atoms with Gasteiger partial charge in [0.05, 0.1) is 17.6 Å². The number of aromatic nitrogens is 2. The topological polar surface area (TPSA) is 68.6 Å². The number of piperidine rings is 1. The summed E-state index contributed by atoms with van der Waals surface area (Å²) in [4.78, 5) is 20.1. The summed E-state index contributed by atoms with van der Waals surface area (Å²) in [5.41, 5.74) is 2.58. The molecular weight excluding hydrogens is 471 g/mol. The molecule has 0 unspecified atom stereocenters. The molecule has 8 heteroatoms. The van der Waals surface area contributed by atoms with Crippen molar-refractivity contribution in [2.45, 2.75) is 71.2 Å². The van der Waals surface area contributed by atoms with Crippen LogP contribution in [0, 0.1) is 5.82 Å². The Morgan fingerprint density at radius 2 is 2.16 bits per heavy atom. The molecule has 3 aromatic rings. The average Bonchev–Trinajstić information content (AvgIpc) is 3.17. The zero-order valence-electron chi connectivity index (χ0n) is 22.2. The van der Waals surface area contributed by atoms with Gasteiger partial charge in [0.25, 0.3) is 0 Å². The first-order chi connectivity index (χ1) is 18.0. The number of unbranched alkanes of at least 4 members (excludes halogenated alkanes) is 1. The van der Waals surface area contributed by atoms with Gasteiger partial charge in [-0.25, -0.2) is 4.39 Å². The summed E-state index contributed by atoms with van der Waals surface area (Å²) in [5, 5.41) is 4.12. The standard InChI is InChI=1S/C29H39FN4O3/c1-21(2)34(24-9-7-13-32-19-24)28(35)17-27-29(37-20-22-8-6-12-31-18-22)25-16-23(30)10-11-26(25)33(27)14-4-5-15-36-3/h6,8,10-12,16,18,21,24,32H,4-5,7,9,13-15,17,19-20H2,1-3H3/t24-/m1/s1. The van der Waals surface area contributed by atoms with Crippen molar-refractivity contribution in [2.75, 3.05) is 26.8 Å². The van der Waals surface area contributed by atoms with Crippen molar-refractivity contribution in [1.29, 1.82) is 0 Å². The van der Waals surface area contributed by atoms with Crippen LogP contribution in [-0.4, -0.2) is 59.2 Å². The van der Waals surface area contributed by atoms with Crippen LogP contribution < -0.4 is 10.1 Å². The Labute approximate surface area is 219 Å². The van der Waals surface area contributed by atoms with Gasteiger partial charge in [0.1, 0.15) is 18.2 Å². The van der Waals surface area contributed by atoms with Crippen LogP contribution in [0.4, 0.5) is 4.39 Å². The summed E-state index contributed by atoms with van der Waals surface area (Å²) < 4.78 is 28.2. The SMILES string of the molecule is COCCCCn1c(CC(=O)N(C(C)C)[C@@H]2CCCNC2)c(OCc2cccnc2)c2cc(F)ccc21. The van der Waals surface area contributed by atoms with E-state index in [0.717, 1.165) is 55.5 Å². The molecule has 200 valence electrons. The number of fused-ring (bicyclic) bond motifs is 1. The largest absolute Gasteiger partial charge is 0.486 e. The normalized spacial score (nSPS) is 15.9. The summed E-state index contributed by atoms with van der Waals surface area (Å²) in [5.74, 6) is 0.311. The predicted molar refractivity (Wildman–Crippen MR) is 143 cm³/mol. The lowest BCUT2D eigenvalue weighted by molar-refractivity contribution is -0.135. The molecule has 2 aromatic heterocycles. The lowest BCUT2D eigenvalue weighted by Gasteiger charge is -2.38. The zero-order chi connectivity index (χ0) is 26.2. The van der Waals surface area contributed by atoms with Crippen molar-refractivity contribution in [3.63, 3.8) is 0 Å². The van der Waals surface area contributed by atoms with Crippen molar-refractivity contribution in [1.82, 2.24) is 19.8 Å². The van der Waals surface area contributed by atoms with Crippen LogP contribution in [-0.2, 0) is 29.1 Å². The second-order valence-corrected chi connectivity index (χ2v) is 10.0. The first kappa shape index (κ1) is 27.1. The highest BCUT2D eigenvalue weighted by Crippen LogP contribution is 2.36. The molecule has 1 saturated heterocycles. The number of hydrogen-bond donors (Lipinski definition) is 1. The number of nitrogens with one attached hydrogen (secondary N) is 1. The number of methoxy groups -OCH3 is 1. The number of rotatable bonds is 12. The molecule has 0 spiro atoms. The third kappa shape index (κ3) is 6.67. The Hall–Kier alpha value is -2.97. The average molecular weight is 511 g/mol. The highest BCUT2D eigenvalue weighted by atomic mass is 19.1. The zero-order valence-corrected chi connectivity index (χ0v) is 22.2. The summed E-state index contributed by atoms with van der Waals surface area (Å²) >= 11 is 0. The van der Waals surface area contributed by atoms with E-state index < -0.39 is 0 Å². The van der Waals surface area contributed by atoms with Gasteiger partial charge in [-0.2, -0.15) is 0 Å². The van der Waals surface area contributed by atoms with Crippen LogP contribution in [0.1, 0.15) is 50.8 Å². The number of ether oxygens (including phenoxy) is 2. The molecule has 1 N–H and O–H groups in total. The third-order valence-corrected chi connectivity index (χ3v) is 7.00. The molecule has 3 heterocycles. The van der Waals surface area contributed by atoms with Crippen LogP contribution in [0.3, 0.4) is 0 Å². The number of carbonyl (C=O) groups excluding carboxylic acids is 1. The van der Waals surface area contributed by atoms with E-state index in [2.05, 4.69) is 28.7 Å². The summed E-state index contributed by atoms with van der Waals surface area (Å²) in [6.07, 6.45) is 7.48. The van der Waals surface area contributed by atoms with Crippen molar-refractivity contribution in [3.8, 4) is 5.75 Å². The van der Waals surface area contributed by atoms with E-state index in [9.17, 15) is 9.18 Å². The minimum absolute atomic E-state index is 0.0661. The highest BCUT2D eigenvalue weighted by Gasteiger charge is 2.30. The Balaban J connectivity index is 1.72. The van der Waals surface area contributed by atoms with E-state index in [1.54, 1.807) is 25.6 Å². The van der Waals surface area contributed by atoms with Gasteiger partial charge in [0, 0.05) is 62.2 Å². The van der Waals surface area contributed by atoms with E-state index in [0.29, 0.717) is 24.3 Å². The first-order valence-corrected chi connectivity index (χ1v) is 13.3. The molecule has 7 nitrogen and oxygen atoms in total. The van der Waals surface area contributed by atoms with Crippen molar-refractivity contribution < 1.29 is 18.7 Å². The smallest absolute Gasteiger partial charge is 0.229 e. The molecule has 0 radical (unpaired) electrons. The summed E-state index contributed by atoms with van der Waals surface area (Å²) in [7, 11) is 1.70. The van der Waals surface area contributed by atoms with Crippen LogP contribution >= 0.6 is 0 Å². The van der Waals surface area contributed by atoms with Gasteiger partial charge in [-0.3, -0.25) is 9.78 Å². The lowest BCUT2D eigenvalue weighted by Crippen LogP contribution is -2.52. The monoisotopic (exact) mass is 510 g/mol. The molecule has 1 aliphatic heterocycles. The number of pyridine rings is 1. The maximum absolute atomic E-state index is 14.4. The number of benzene rings is 1. The van der Waals surface area contributed by atoms with Crippen molar-refractivity contribution >= 4 is 16.8 Å². The van der Waals surface area contributed by atoms with Crippen LogP contribution in [0.15, 0.2) is 42.7 Å². The van der Waals surface area contributed by atoms with E-state index in [4.69, 9.17) is 9.47 Å². The molecule has 0 bridgehead atoms. The van der Waals surface area contributed by atoms with Gasteiger partial charge in [0.2, 0.25) is 5.91 Å². The van der Waals surface area contributed by atoms with Crippen LogP contribution in [0.2, 0.25) is 0 Å². The second kappa shape index (κ2) is 13.0. The second-order valence-electron chi connectivity index (χ2n) is 10.0. The number of carbonyl (C=O) groups is 1. The number of aryl methyl sites for hydroxylation is 1. The van der Waals surface area contributed by atoms with Crippen molar-refractivity contribution in [3.05, 3.63) is 59.8 Å². The van der Waals surface area contributed by atoms with E-state index in [-0.39, 0.29) is 36.8 Å². The van der Waals surface area contributed by atoms with Gasteiger partial charge in [-0.1, -0.05) is 6.07 Å². The lowest BCUT2D eigenvalue weighted by atomic mass is 10.0. The quantitative estimate of drug-likeness (QED) is 0.358. The fraction of sp³-hybridized carbons (Fsp3) is 0.517. The van der Waals surface area contributed by atoms with Gasteiger partial charge < -0.3 is 24.3 Å². The maximum Gasteiger partial charge on any atom is 0.229 e. The fourth-order valence-corrected chi connectivity index (χ4v) is 5.32. The first-order valence-electron chi connectivity index (χ1n) is 13.3. The number of amides is 1. The number of hydrogen-bond acceptors (Lipinski definition) is 5. The molecule has 1 fully saturated rings. The maximum atomic E-state index is 14.4. The minimum Gasteiger partial charge on any atom is -0.486 e. The molecule has 1 amide bonds. The van der Waals surface area contributed by atoms with Gasteiger partial charge in [0.15, 0.2) is 0 Å². The van der Waals surface area contributed by atoms with Gasteiger partial charge in [-0.15, -0.1) is 0 Å². The summed E-state index contributed by atoms with van der Waals surface area (Å²) in [6.45, 7) is 7.59. The fourth-order valence-electron chi connectivity index (χ4n) is 5.32. The Morgan fingerprint density at radius 1 is 1.30 bits per heavy atom. The molecule has 4 rings (SSSR count). The molecule has 0 saturated carbocycles. The number of nitrogens with zero attached hydrogens (tertiary/aromatic N) is 3. The van der Waals surface area contributed by atoms with E-state index in [1.807, 2.05) is 17.0 Å². The molecule has 1 aromatic carbocycles. The Kier molecular flexibility index (Phi) is 9.52. The van der Waals surface area contributed by atoms with E-state index >= 15 is 0 Å². The Morgan fingerprint density at radius 3 is 2.86 bits per heavy atom. The highest BCUT2D eigenvalue weighted by molar-refractivity contribution is 5.91.